The molecule has 0 saturated heterocycles. The molecule has 0 radical (unpaired) electrons. The highest BCUT2D eigenvalue weighted by Crippen LogP contribution is 2.20. The summed E-state index contributed by atoms with van der Waals surface area (Å²) in [6, 6.07) is 7.24. The van der Waals surface area contributed by atoms with Crippen LogP contribution in [0.4, 0.5) is 5.13 Å². The van der Waals surface area contributed by atoms with E-state index in [1.807, 2.05) is 12.1 Å². The van der Waals surface area contributed by atoms with Gasteiger partial charge in [0, 0.05) is 11.6 Å². The van der Waals surface area contributed by atoms with Crippen LogP contribution in [0.15, 0.2) is 52.0 Å². The molecule has 4 aromatic rings. The van der Waals surface area contributed by atoms with E-state index in [0.717, 1.165) is 17.4 Å². The summed E-state index contributed by atoms with van der Waals surface area (Å²) in [5.41, 5.74) is 0.843. The lowest BCUT2D eigenvalue weighted by molar-refractivity contribution is -0.113. The molecule has 0 unspecified atom stereocenters. The number of amides is 1. The maximum atomic E-state index is 12.4. The molecule has 0 spiro atoms. The Kier molecular flexibility index (Phi) is 5.08. The molecular formula is C17H14N6O3S2. The number of thiazole rings is 1. The van der Waals surface area contributed by atoms with Crippen molar-refractivity contribution >= 4 is 45.2 Å². The van der Waals surface area contributed by atoms with Gasteiger partial charge in [-0.3, -0.25) is 9.59 Å². The topological polar surface area (TPSA) is 115 Å². The molecular weight excluding hydrogens is 400 g/mol. The molecule has 28 heavy (non-hydrogen) atoms. The fourth-order valence-electron chi connectivity index (χ4n) is 2.45. The van der Waals surface area contributed by atoms with Gasteiger partial charge in [0.15, 0.2) is 15.9 Å². The average molecular weight is 414 g/mol. The fraction of sp³-hybridized carbons (Fsp3) is 0.118. The van der Waals surface area contributed by atoms with Gasteiger partial charge in [0.2, 0.25) is 5.91 Å². The summed E-state index contributed by atoms with van der Waals surface area (Å²) in [7, 11) is 1.59. The summed E-state index contributed by atoms with van der Waals surface area (Å²) in [5.74, 6) is 0.574. The lowest BCUT2D eigenvalue weighted by atomic mass is 10.3. The van der Waals surface area contributed by atoms with Gasteiger partial charge in [-0.1, -0.05) is 11.8 Å². The van der Waals surface area contributed by atoms with Gasteiger partial charge in [-0.05, 0) is 24.3 Å². The third-order valence-corrected chi connectivity index (χ3v) is 5.31. The number of methoxy groups -OCH3 is 1. The number of hydrogen-bond donors (Lipinski definition) is 2. The Morgan fingerprint density at radius 1 is 1.36 bits per heavy atom. The molecule has 9 nitrogen and oxygen atoms in total. The molecule has 0 aliphatic heterocycles. The zero-order valence-corrected chi connectivity index (χ0v) is 16.2. The van der Waals surface area contributed by atoms with Gasteiger partial charge >= 0.3 is 0 Å². The minimum atomic E-state index is -0.312. The summed E-state index contributed by atoms with van der Waals surface area (Å²) >= 11 is 2.46. The molecule has 0 bridgehead atoms. The normalized spacial score (nSPS) is 10.9. The number of thioether (sulfide) groups is 1. The molecule has 1 amide bonds. The molecule has 3 aromatic heterocycles. The van der Waals surface area contributed by atoms with E-state index in [1.54, 1.807) is 35.5 Å². The zero-order valence-electron chi connectivity index (χ0n) is 14.6. The number of aromatic amines is 1. The monoisotopic (exact) mass is 414 g/mol. The lowest BCUT2D eigenvalue weighted by Gasteiger charge is -2.06. The second-order valence-electron chi connectivity index (χ2n) is 5.54. The van der Waals surface area contributed by atoms with Gasteiger partial charge in [0.25, 0.3) is 5.56 Å². The first-order chi connectivity index (χ1) is 13.6. The molecule has 0 fully saturated rings. The van der Waals surface area contributed by atoms with E-state index in [1.165, 1.54) is 17.5 Å². The van der Waals surface area contributed by atoms with Crippen LogP contribution in [-0.2, 0) is 4.79 Å². The number of hydrogen-bond acceptors (Lipinski definition) is 8. The Balaban J connectivity index is 1.58. The van der Waals surface area contributed by atoms with E-state index in [-0.39, 0.29) is 17.2 Å². The smallest absolute Gasteiger partial charge is 0.262 e. The summed E-state index contributed by atoms with van der Waals surface area (Å²) in [4.78, 5) is 35.5. The standard InChI is InChI=1S/C17H14N6O3S2/c1-26-11-4-2-10(3-5-11)23-14-12(8-19-23)15(25)22-17(21-14)28-9-13(24)20-16-18-6-7-27-16/h2-8H,9H2,1H3,(H,18,20,24)(H,21,22,25). The van der Waals surface area contributed by atoms with Crippen LogP contribution in [0.2, 0.25) is 0 Å². The maximum Gasteiger partial charge on any atom is 0.262 e. The predicted octanol–water partition coefficient (Wildman–Crippen LogP) is 2.30. The largest absolute Gasteiger partial charge is 0.497 e. The number of nitrogens with one attached hydrogen (secondary N) is 2. The summed E-state index contributed by atoms with van der Waals surface area (Å²) in [6.45, 7) is 0. The number of benzene rings is 1. The van der Waals surface area contributed by atoms with E-state index >= 15 is 0 Å². The molecule has 2 N–H and O–H groups in total. The molecule has 142 valence electrons. The van der Waals surface area contributed by atoms with Gasteiger partial charge < -0.3 is 15.0 Å². The highest BCUT2D eigenvalue weighted by Gasteiger charge is 2.13. The molecule has 4 rings (SSSR count). The Hall–Kier alpha value is -3.18. The van der Waals surface area contributed by atoms with Crippen molar-refractivity contribution in [2.24, 2.45) is 0 Å². The Bertz CT molecular complexity index is 1170. The molecule has 1 aromatic carbocycles. The van der Waals surface area contributed by atoms with Crippen molar-refractivity contribution in [1.29, 1.82) is 0 Å². The van der Waals surface area contributed by atoms with Gasteiger partial charge in [-0.15, -0.1) is 11.3 Å². The van der Waals surface area contributed by atoms with Crippen LogP contribution >= 0.6 is 23.1 Å². The number of nitrogens with zero attached hydrogens (tertiary/aromatic N) is 4. The van der Waals surface area contributed by atoms with Crippen molar-refractivity contribution < 1.29 is 9.53 Å². The van der Waals surface area contributed by atoms with E-state index < -0.39 is 0 Å². The number of H-pyrrole nitrogens is 1. The van der Waals surface area contributed by atoms with E-state index in [9.17, 15) is 9.59 Å². The predicted molar refractivity (Wildman–Crippen MR) is 108 cm³/mol. The molecule has 3 heterocycles. The lowest BCUT2D eigenvalue weighted by Crippen LogP contribution is -2.15. The summed E-state index contributed by atoms with van der Waals surface area (Å²) < 4.78 is 6.73. The molecule has 11 heteroatoms. The zero-order chi connectivity index (χ0) is 19.5. The van der Waals surface area contributed by atoms with E-state index in [2.05, 4.69) is 25.4 Å². The second-order valence-corrected chi connectivity index (χ2v) is 7.40. The van der Waals surface area contributed by atoms with Crippen LogP contribution in [-0.4, -0.2) is 43.5 Å². The number of ether oxygens (including phenoxy) is 1. The Morgan fingerprint density at radius 2 is 2.18 bits per heavy atom. The van der Waals surface area contributed by atoms with Crippen LogP contribution in [0.5, 0.6) is 5.75 Å². The fourth-order valence-corrected chi connectivity index (χ4v) is 3.65. The molecule has 0 atom stereocenters. The average Bonchev–Trinajstić information content (AvgIpc) is 3.36. The third-order valence-electron chi connectivity index (χ3n) is 3.75. The first kappa shape index (κ1) is 18.2. The van der Waals surface area contributed by atoms with E-state index in [0.29, 0.717) is 27.1 Å². The SMILES string of the molecule is COc1ccc(-n2ncc3c(=O)[nH]c(SCC(=O)Nc4nccs4)nc32)cc1. The Morgan fingerprint density at radius 3 is 2.89 bits per heavy atom. The number of anilines is 1. The van der Waals surface area contributed by atoms with Crippen LogP contribution in [0.1, 0.15) is 0 Å². The van der Waals surface area contributed by atoms with Crippen LogP contribution in [0.3, 0.4) is 0 Å². The molecule has 0 aliphatic carbocycles. The third kappa shape index (κ3) is 3.75. The van der Waals surface area contributed by atoms with Crippen LogP contribution in [0.25, 0.3) is 16.7 Å². The molecule has 0 aliphatic rings. The Labute approximate surface area is 166 Å². The van der Waals surface area contributed by atoms with Crippen LogP contribution < -0.4 is 15.6 Å². The van der Waals surface area contributed by atoms with Gasteiger partial charge in [0.05, 0.1) is 24.7 Å². The van der Waals surface area contributed by atoms with Crippen molar-refractivity contribution in [2.75, 3.05) is 18.2 Å². The first-order valence-corrected chi connectivity index (χ1v) is 9.95. The minimum absolute atomic E-state index is 0.0880. The quantitative estimate of drug-likeness (QED) is 0.367. The highest BCUT2D eigenvalue weighted by molar-refractivity contribution is 7.99. The van der Waals surface area contributed by atoms with Crippen molar-refractivity contribution in [1.82, 2.24) is 24.7 Å². The number of rotatable bonds is 6. The van der Waals surface area contributed by atoms with Crippen molar-refractivity contribution in [3.05, 3.63) is 52.4 Å². The molecule has 0 saturated carbocycles. The van der Waals surface area contributed by atoms with Gasteiger partial charge in [-0.2, -0.15) is 5.10 Å². The minimum Gasteiger partial charge on any atom is -0.497 e. The van der Waals surface area contributed by atoms with Gasteiger partial charge in [-0.25, -0.2) is 14.6 Å². The number of aromatic nitrogens is 5. The van der Waals surface area contributed by atoms with Crippen molar-refractivity contribution in [3.8, 4) is 11.4 Å². The van der Waals surface area contributed by atoms with Crippen LogP contribution in [0, 0.1) is 0 Å². The first-order valence-electron chi connectivity index (χ1n) is 8.08. The van der Waals surface area contributed by atoms with E-state index in [4.69, 9.17) is 4.74 Å². The number of carbonyl (C=O) groups is 1. The number of carbonyl (C=O) groups excluding carboxylic acids is 1. The van der Waals surface area contributed by atoms with Gasteiger partial charge in [0.1, 0.15) is 11.1 Å². The number of fused-ring (bicyclic) bond motifs is 1. The summed E-state index contributed by atoms with van der Waals surface area (Å²) in [5, 5.41) is 9.96. The highest BCUT2D eigenvalue weighted by atomic mass is 32.2. The van der Waals surface area contributed by atoms with Crippen molar-refractivity contribution in [3.63, 3.8) is 0 Å². The second kappa shape index (κ2) is 7.82. The summed E-state index contributed by atoms with van der Waals surface area (Å²) in [6.07, 6.45) is 3.08. The van der Waals surface area contributed by atoms with Crippen molar-refractivity contribution in [2.45, 2.75) is 5.16 Å². The maximum absolute atomic E-state index is 12.4.